The number of hydrogen-bond acceptors (Lipinski definition) is 8. The number of nitrogen functional groups attached to an aromatic ring is 1. The summed E-state index contributed by atoms with van der Waals surface area (Å²) >= 11 is 0. The Morgan fingerprint density at radius 1 is 1.09 bits per heavy atom. The van der Waals surface area contributed by atoms with E-state index in [-0.39, 0.29) is 11.6 Å². The number of amides is 1. The fraction of sp³-hybridized carbons (Fsp3) is 0.333. The monoisotopic (exact) mass is 630 g/mol. The number of nitrogens with one attached hydrogen (secondary N) is 1. The summed E-state index contributed by atoms with van der Waals surface area (Å²) in [6, 6.07) is 15.4. The van der Waals surface area contributed by atoms with Gasteiger partial charge in [0.15, 0.2) is 0 Å². The standard InChI is InChI=1S/C36H42N10O/c1-24-4-5-29(20-41-24)32(38)33-30(37)10-11-31(43-33)46-19-15-36(35(46)47)14-18-44(22-36)21-25(2)45-16-12-27(13-17-45)26-6-8-28(9-7-26)34(39)42-23-40-3/h4-12,20,23,38H,2,13-19,21-22,37H2,1,3H3,(H2,39,40,42)/t36-/m0/s1. The normalized spacial score (nSPS) is 20.4. The summed E-state index contributed by atoms with van der Waals surface area (Å²) in [7, 11) is 1.66. The molecule has 3 aliphatic rings. The number of aryl methyl sites for hydroxylation is 1. The summed E-state index contributed by atoms with van der Waals surface area (Å²) in [5.41, 5.74) is 18.7. The molecule has 1 spiro atoms. The molecular formula is C36H42N10O. The van der Waals surface area contributed by atoms with Crippen molar-refractivity contribution in [1.82, 2.24) is 19.8 Å². The van der Waals surface area contributed by atoms with Crippen molar-refractivity contribution in [3.05, 3.63) is 101 Å². The van der Waals surface area contributed by atoms with Crippen LogP contribution >= 0.6 is 0 Å². The van der Waals surface area contributed by atoms with E-state index in [0.717, 1.165) is 62.4 Å². The molecule has 1 amide bonds. The third-order valence-electron chi connectivity index (χ3n) is 9.50. The van der Waals surface area contributed by atoms with Gasteiger partial charge < -0.3 is 16.4 Å². The minimum absolute atomic E-state index is 0.0976. The number of likely N-dealkylation sites (tertiary alicyclic amines) is 1. The zero-order valence-electron chi connectivity index (χ0n) is 27.1. The van der Waals surface area contributed by atoms with Crippen LogP contribution in [-0.2, 0) is 4.79 Å². The smallest absolute Gasteiger partial charge is 0.235 e. The van der Waals surface area contributed by atoms with Crippen molar-refractivity contribution >= 4 is 40.9 Å². The molecule has 5 N–H and O–H groups in total. The van der Waals surface area contributed by atoms with Crippen LogP contribution in [0.2, 0.25) is 0 Å². The van der Waals surface area contributed by atoms with Gasteiger partial charge in [0, 0.05) is 68.5 Å². The second kappa shape index (κ2) is 13.3. The van der Waals surface area contributed by atoms with E-state index < -0.39 is 5.41 Å². The molecule has 47 heavy (non-hydrogen) atoms. The Bertz CT molecular complexity index is 1780. The van der Waals surface area contributed by atoms with Crippen LogP contribution in [-0.4, -0.2) is 89.9 Å². The SMILES string of the molecule is C=C(CN1CC[C@]2(CCN(c3ccc(N)c(C(=N)c4ccc(C)nc4)n3)C2=O)C1)N1CC=C(c2ccc(C(N)=NC=NC)cc2)CC1. The highest BCUT2D eigenvalue weighted by atomic mass is 16.2. The van der Waals surface area contributed by atoms with E-state index in [9.17, 15) is 4.79 Å². The van der Waals surface area contributed by atoms with Crippen LogP contribution in [0, 0.1) is 17.7 Å². The molecule has 0 aliphatic carbocycles. The summed E-state index contributed by atoms with van der Waals surface area (Å²) in [4.78, 5) is 37.4. The second-order valence-corrected chi connectivity index (χ2v) is 12.6. The molecule has 1 atom stereocenters. The fourth-order valence-electron chi connectivity index (χ4n) is 6.70. The number of pyridine rings is 2. The molecule has 242 valence electrons. The van der Waals surface area contributed by atoms with Crippen LogP contribution in [0.3, 0.4) is 0 Å². The number of rotatable bonds is 9. The first-order valence-corrected chi connectivity index (χ1v) is 16.0. The van der Waals surface area contributed by atoms with Gasteiger partial charge in [-0.15, -0.1) is 0 Å². The molecule has 0 unspecified atom stereocenters. The number of carbonyl (C=O) groups is 1. The summed E-state index contributed by atoms with van der Waals surface area (Å²) < 4.78 is 0. The van der Waals surface area contributed by atoms with Gasteiger partial charge in [0.05, 0.1) is 16.8 Å². The fourth-order valence-corrected chi connectivity index (χ4v) is 6.70. The molecule has 11 nitrogen and oxygen atoms in total. The molecule has 6 rings (SSSR count). The van der Waals surface area contributed by atoms with Crippen molar-refractivity contribution in [2.45, 2.75) is 26.2 Å². The lowest BCUT2D eigenvalue weighted by molar-refractivity contribution is -0.125. The number of amidine groups is 1. The van der Waals surface area contributed by atoms with Crippen molar-refractivity contribution in [2.75, 3.05) is 56.9 Å². The molecule has 11 heteroatoms. The lowest BCUT2D eigenvalue weighted by Gasteiger charge is -2.32. The van der Waals surface area contributed by atoms with Gasteiger partial charge in [0.1, 0.15) is 23.7 Å². The molecule has 0 saturated carbocycles. The van der Waals surface area contributed by atoms with Crippen molar-refractivity contribution in [2.24, 2.45) is 21.1 Å². The predicted molar refractivity (Wildman–Crippen MR) is 189 cm³/mol. The van der Waals surface area contributed by atoms with E-state index in [2.05, 4.69) is 49.6 Å². The van der Waals surface area contributed by atoms with Gasteiger partial charge in [0.2, 0.25) is 5.91 Å². The molecule has 3 aromatic rings. The minimum Gasteiger partial charge on any atom is -0.397 e. The Hall–Kier alpha value is -5.16. The van der Waals surface area contributed by atoms with E-state index in [1.807, 2.05) is 31.2 Å². The van der Waals surface area contributed by atoms with E-state index in [1.54, 1.807) is 30.3 Å². The Labute approximate surface area is 275 Å². The molecule has 1 aromatic carbocycles. The molecule has 2 aromatic heterocycles. The molecule has 0 bridgehead atoms. The van der Waals surface area contributed by atoms with E-state index in [4.69, 9.17) is 21.9 Å². The zero-order chi connectivity index (χ0) is 33.1. The van der Waals surface area contributed by atoms with E-state index in [0.29, 0.717) is 41.7 Å². The summed E-state index contributed by atoms with van der Waals surface area (Å²) in [5, 5.41) is 8.71. The highest BCUT2D eigenvalue weighted by Gasteiger charge is 2.51. The maximum Gasteiger partial charge on any atom is 0.235 e. The van der Waals surface area contributed by atoms with E-state index in [1.165, 1.54) is 17.5 Å². The maximum atomic E-state index is 13.9. The predicted octanol–water partition coefficient (Wildman–Crippen LogP) is 3.88. The number of anilines is 2. The molecule has 2 saturated heterocycles. The van der Waals surface area contributed by atoms with Crippen LogP contribution < -0.4 is 16.4 Å². The zero-order valence-corrected chi connectivity index (χ0v) is 27.1. The quantitative estimate of drug-likeness (QED) is 0.240. The molecule has 0 radical (unpaired) electrons. The first-order chi connectivity index (χ1) is 22.7. The van der Waals surface area contributed by atoms with Gasteiger partial charge in [-0.1, -0.05) is 36.9 Å². The molecule has 2 fully saturated rings. The van der Waals surface area contributed by atoms with Gasteiger partial charge in [-0.3, -0.25) is 30.0 Å². The lowest BCUT2D eigenvalue weighted by Crippen LogP contribution is -2.39. The summed E-state index contributed by atoms with van der Waals surface area (Å²) in [6.07, 6.45) is 7.88. The number of aromatic nitrogens is 2. The van der Waals surface area contributed by atoms with Gasteiger partial charge in [-0.25, -0.2) is 9.98 Å². The number of aliphatic imine (C=N–C) groups is 2. The highest BCUT2D eigenvalue weighted by Crippen LogP contribution is 2.42. The Morgan fingerprint density at radius 3 is 2.55 bits per heavy atom. The maximum absolute atomic E-state index is 13.9. The van der Waals surface area contributed by atoms with Crippen LogP contribution in [0.25, 0.3) is 5.57 Å². The summed E-state index contributed by atoms with van der Waals surface area (Å²) in [5.74, 6) is 1.08. The van der Waals surface area contributed by atoms with Crippen LogP contribution in [0.4, 0.5) is 11.5 Å². The highest BCUT2D eigenvalue weighted by molar-refractivity contribution is 6.12. The first kappa shape index (κ1) is 31.8. The van der Waals surface area contributed by atoms with E-state index >= 15 is 0 Å². The Kier molecular flexibility index (Phi) is 8.99. The number of benzene rings is 1. The van der Waals surface area contributed by atoms with Crippen LogP contribution in [0.15, 0.2) is 83.1 Å². The summed E-state index contributed by atoms with van der Waals surface area (Å²) in [6.45, 7) is 10.9. The van der Waals surface area contributed by atoms with Gasteiger partial charge >= 0.3 is 0 Å². The molecule has 5 heterocycles. The Balaban J connectivity index is 1.05. The average Bonchev–Trinajstić information content (AvgIpc) is 3.65. The number of nitrogens with two attached hydrogens (primary N) is 2. The van der Waals surface area contributed by atoms with Crippen LogP contribution in [0.5, 0.6) is 0 Å². The second-order valence-electron chi connectivity index (χ2n) is 12.6. The third-order valence-corrected chi connectivity index (χ3v) is 9.50. The minimum atomic E-state index is -0.434. The Morgan fingerprint density at radius 2 is 1.85 bits per heavy atom. The van der Waals surface area contributed by atoms with Crippen molar-refractivity contribution in [1.29, 1.82) is 5.41 Å². The average molecular weight is 631 g/mol. The van der Waals surface area contributed by atoms with Gasteiger partial charge in [-0.05, 0) is 68.1 Å². The molecular weight excluding hydrogens is 588 g/mol. The van der Waals surface area contributed by atoms with Crippen molar-refractivity contribution in [3.8, 4) is 0 Å². The van der Waals surface area contributed by atoms with Gasteiger partial charge in [0.25, 0.3) is 0 Å². The topological polar surface area (TPSA) is 153 Å². The number of hydrogen-bond donors (Lipinski definition) is 3. The first-order valence-electron chi connectivity index (χ1n) is 16.0. The lowest BCUT2D eigenvalue weighted by atomic mass is 9.85. The largest absolute Gasteiger partial charge is 0.397 e. The third kappa shape index (κ3) is 6.57. The van der Waals surface area contributed by atoms with Crippen molar-refractivity contribution in [3.63, 3.8) is 0 Å². The number of carbonyl (C=O) groups excluding carboxylic acids is 1. The van der Waals surface area contributed by atoms with Crippen molar-refractivity contribution < 1.29 is 4.79 Å². The number of nitrogens with zero attached hydrogens (tertiary/aromatic N) is 7. The van der Waals surface area contributed by atoms with Gasteiger partial charge in [-0.2, -0.15) is 0 Å². The molecule has 3 aliphatic heterocycles. The van der Waals surface area contributed by atoms with Crippen LogP contribution in [0.1, 0.15) is 47.3 Å².